The highest BCUT2D eigenvalue weighted by Crippen LogP contribution is 2.36. The summed E-state index contributed by atoms with van der Waals surface area (Å²) in [6.07, 6.45) is 0.844. The van der Waals surface area contributed by atoms with Crippen molar-refractivity contribution in [2.75, 3.05) is 5.32 Å². The van der Waals surface area contributed by atoms with E-state index in [0.29, 0.717) is 12.1 Å². The fourth-order valence-corrected chi connectivity index (χ4v) is 4.67. The second kappa shape index (κ2) is 6.80. The van der Waals surface area contributed by atoms with Crippen LogP contribution in [0.4, 0.5) is 5.82 Å². The van der Waals surface area contributed by atoms with Crippen LogP contribution in [0.25, 0.3) is 38.8 Å². The summed E-state index contributed by atoms with van der Waals surface area (Å²) < 4.78 is 7.90. The van der Waals surface area contributed by atoms with Gasteiger partial charge in [-0.1, -0.05) is 37.3 Å². The van der Waals surface area contributed by atoms with Crippen molar-refractivity contribution in [2.45, 2.75) is 31.6 Å². The van der Waals surface area contributed by atoms with E-state index in [1.54, 1.807) is 10.7 Å². The van der Waals surface area contributed by atoms with Gasteiger partial charge in [-0.2, -0.15) is 9.61 Å². The Kier molecular flexibility index (Phi) is 4.03. The van der Waals surface area contributed by atoms with Crippen molar-refractivity contribution in [1.82, 2.24) is 14.6 Å². The first-order valence-electron chi connectivity index (χ1n) is 10.5. The van der Waals surface area contributed by atoms with Crippen LogP contribution in [0.3, 0.4) is 0 Å². The van der Waals surface area contributed by atoms with Gasteiger partial charge in [-0.25, -0.2) is 4.98 Å². The normalized spacial score (nSPS) is 23.8. The third-order valence-corrected chi connectivity index (χ3v) is 6.34. The molecule has 7 nitrogen and oxygen atoms in total. The van der Waals surface area contributed by atoms with E-state index >= 15 is 0 Å². The zero-order valence-corrected chi connectivity index (χ0v) is 16.9. The molecule has 0 radical (unpaired) electrons. The van der Waals surface area contributed by atoms with Gasteiger partial charge in [0.25, 0.3) is 0 Å². The molecular weight excluding hydrogens is 392 g/mol. The number of para-hydroxylation sites is 2. The first kappa shape index (κ1) is 18.4. The van der Waals surface area contributed by atoms with Crippen LogP contribution in [0.5, 0.6) is 0 Å². The van der Waals surface area contributed by atoms with Gasteiger partial charge in [-0.05, 0) is 30.5 Å². The zero-order chi connectivity index (χ0) is 21.1. The Bertz CT molecular complexity index is 1420. The average Bonchev–Trinajstić information content (AvgIpc) is 3.45. The molecule has 31 heavy (non-hydrogen) atoms. The summed E-state index contributed by atoms with van der Waals surface area (Å²) in [6.45, 7) is 1.94. The molecule has 0 bridgehead atoms. The van der Waals surface area contributed by atoms with E-state index in [2.05, 4.69) is 22.4 Å². The van der Waals surface area contributed by atoms with Gasteiger partial charge in [0.2, 0.25) is 0 Å². The molecule has 156 valence electrons. The maximum atomic E-state index is 10.4. The minimum absolute atomic E-state index is 0.0312. The van der Waals surface area contributed by atoms with Crippen LogP contribution in [-0.4, -0.2) is 43.1 Å². The molecule has 0 spiro atoms. The SMILES string of the molecule is C[C@@H]1C[C@@H](Nc2ccnc3cc(-c4cccc5c4oc4ccccc45)nn23)[C@H](O)[C@@H]1O. The summed E-state index contributed by atoms with van der Waals surface area (Å²) in [7, 11) is 0. The first-order valence-corrected chi connectivity index (χ1v) is 10.5. The van der Waals surface area contributed by atoms with E-state index in [0.717, 1.165) is 39.0 Å². The van der Waals surface area contributed by atoms with Crippen molar-refractivity contribution in [3.05, 3.63) is 60.8 Å². The van der Waals surface area contributed by atoms with Crippen LogP contribution in [0.15, 0.2) is 65.2 Å². The van der Waals surface area contributed by atoms with Gasteiger partial charge in [-0.3, -0.25) is 0 Å². The van der Waals surface area contributed by atoms with Crippen molar-refractivity contribution in [2.24, 2.45) is 5.92 Å². The van der Waals surface area contributed by atoms with Gasteiger partial charge in [0.05, 0.1) is 17.8 Å². The maximum Gasteiger partial charge on any atom is 0.157 e. The number of fused-ring (bicyclic) bond motifs is 4. The molecule has 0 saturated heterocycles. The van der Waals surface area contributed by atoms with Crippen LogP contribution in [0, 0.1) is 5.92 Å². The summed E-state index contributed by atoms with van der Waals surface area (Å²) in [5.74, 6) is 0.752. The van der Waals surface area contributed by atoms with E-state index in [-0.39, 0.29) is 12.0 Å². The predicted octanol–water partition coefficient (Wildman–Crippen LogP) is 3.84. The third-order valence-electron chi connectivity index (χ3n) is 6.34. The van der Waals surface area contributed by atoms with Gasteiger partial charge in [-0.15, -0.1) is 0 Å². The molecule has 0 unspecified atom stereocenters. The molecule has 0 aliphatic heterocycles. The highest BCUT2D eigenvalue weighted by Gasteiger charge is 2.39. The second-order valence-electron chi connectivity index (χ2n) is 8.36. The molecule has 6 rings (SSSR count). The summed E-state index contributed by atoms with van der Waals surface area (Å²) in [5.41, 5.74) is 3.98. The number of nitrogens with zero attached hydrogens (tertiary/aromatic N) is 3. The van der Waals surface area contributed by atoms with Crippen LogP contribution in [-0.2, 0) is 0 Å². The molecule has 7 heteroatoms. The van der Waals surface area contributed by atoms with Crippen molar-refractivity contribution in [3.63, 3.8) is 0 Å². The predicted molar refractivity (Wildman–Crippen MR) is 119 cm³/mol. The lowest BCUT2D eigenvalue weighted by molar-refractivity contribution is 0.0210. The summed E-state index contributed by atoms with van der Waals surface area (Å²) in [6, 6.07) is 17.6. The molecule has 1 saturated carbocycles. The number of hydrogen-bond donors (Lipinski definition) is 3. The lowest BCUT2D eigenvalue weighted by atomic mass is 10.1. The van der Waals surface area contributed by atoms with Gasteiger partial charge in [0.15, 0.2) is 5.65 Å². The lowest BCUT2D eigenvalue weighted by Gasteiger charge is -2.19. The Morgan fingerprint density at radius 3 is 2.71 bits per heavy atom. The van der Waals surface area contributed by atoms with Crippen molar-refractivity contribution >= 4 is 33.4 Å². The molecule has 3 N–H and O–H groups in total. The fourth-order valence-electron chi connectivity index (χ4n) is 4.67. The number of benzene rings is 2. The van der Waals surface area contributed by atoms with E-state index in [1.165, 1.54) is 0 Å². The Labute approximate surface area is 177 Å². The fraction of sp³-hybridized carbons (Fsp3) is 0.250. The minimum Gasteiger partial charge on any atom is -0.455 e. The molecule has 3 aromatic heterocycles. The smallest absolute Gasteiger partial charge is 0.157 e. The van der Waals surface area contributed by atoms with E-state index in [1.807, 2.05) is 49.4 Å². The number of anilines is 1. The number of aromatic nitrogens is 3. The molecule has 1 aliphatic carbocycles. The minimum atomic E-state index is -0.822. The molecule has 5 aromatic rings. The highest BCUT2D eigenvalue weighted by atomic mass is 16.3. The quantitative estimate of drug-likeness (QED) is 0.415. The Hall–Kier alpha value is -3.42. The summed E-state index contributed by atoms with van der Waals surface area (Å²) >= 11 is 0. The molecule has 2 aromatic carbocycles. The van der Waals surface area contributed by atoms with E-state index in [9.17, 15) is 10.2 Å². The van der Waals surface area contributed by atoms with E-state index in [4.69, 9.17) is 9.52 Å². The first-order chi connectivity index (χ1) is 15.1. The number of rotatable bonds is 3. The number of hydrogen-bond acceptors (Lipinski definition) is 6. The Morgan fingerprint density at radius 1 is 1.03 bits per heavy atom. The number of aliphatic hydroxyl groups excluding tert-OH is 2. The number of nitrogens with one attached hydrogen (secondary N) is 1. The third kappa shape index (κ3) is 2.81. The van der Waals surface area contributed by atoms with Crippen molar-refractivity contribution in [3.8, 4) is 11.3 Å². The molecule has 1 aliphatic rings. The molecule has 3 heterocycles. The van der Waals surface area contributed by atoms with Crippen molar-refractivity contribution in [1.29, 1.82) is 0 Å². The largest absolute Gasteiger partial charge is 0.455 e. The van der Waals surface area contributed by atoms with E-state index < -0.39 is 12.2 Å². The van der Waals surface area contributed by atoms with Gasteiger partial charge < -0.3 is 19.9 Å². The van der Waals surface area contributed by atoms with Gasteiger partial charge in [0, 0.05) is 28.6 Å². The second-order valence-corrected chi connectivity index (χ2v) is 8.36. The van der Waals surface area contributed by atoms with Crippen LogP contribution >= 0.6 is 0 Å². The van der Waals surface area contributed by atoms with Crippen LogP contribution < -0.4 is 5.32 Å². The maximum absolute atomic E-state index is 10.4. The lowest BCUT2D eigenvalue weighted by Crippen LogP contribution is -2.35. The molecule has 0 amide bonds. The molecule has 1 fully saturated rings. The number of aliphatic hydroxyl groups is 2. The molecule has 4 atom stereocenters. The standard InChI is InChI=1S/C24H22N4O3/c1-13-11-18(23(30)22(13)29)26-20-9-10-25-21-12-17(27-28(20)21)16-7-4-6-15-14-5-2-3-8-19(14)31-24(15)16/h2-10,12-13,18,22-23,26,29-30H,11H2,1H3/t13-,18-,22-,23+/m1/s1. The summed E-state index contributed by atoms with van der Waals surface area (Å²) in [4.78, 5) is 4.45. The van der Waals surface area contributed by atoms with Gasteiger partial charge >= 0.3 is 0 Å². The highest BCUT2D eigenvalue weighted by molar-refractivity contribution is 6.09. The molecular formula is C24H22N4O3. The van der Waals surface area contributed by atoms with Crippen LogP contribution in [0.2, 0.25) is 0 Å². The summed E-state index contributed by atoms with van der Waals surface area (Å²) in [5, 5.41) is 30.7. The topological polar surface area (TPSA) is 95.8 Å². The van der Waals surface area contributed by atoms with Crippen LogP contribution in [0.1, 0.15) is 13.3 Å². The van der Waals surface area contributed by atoms with Gasteiger partial charge in [0.1, 0.15) is 23.1 Å². The monoisotopic (exact) mass is 414 g/mol. The average molecular weight is 414 g/mol. The number of furan rings is 1. The Morgan fingerprint density at radius 2 is 1.87 bits per heavy atom. The van der Waals surface area contributed by atoms with Crippen molar-refractivity contribution < 1.29 is 14.6 Å². The zero-order valence-electron chi connectivity index (χ0n) is 16.9. The Balaban J connectivity index is 1.45.